The minimum absolute atomic E-state index is 0.0476. The highest BCUT2D eigenvalue weighted by atomic mass is 79.9. The predicted octanol–water partition coefficient (Wildman–Crippen LogP) is 5.68. The number of halogens is 1. The van der Waals surface area contributed by atoms with E-state index in [9.17, 15) is 19.7 Å². The molecule has 39 heavy (non-hydrogen) atoms. The van der Waals surface area contributed by atoms with Crippen LogP contribution in [0.5, 0.6) is 17.2 Å². The largest absolute Gasteiger partial charge is 0.493 e. The van der Waals surface area contributed by atoms with E-state index in [4.69, 9.17) is 14.2 Å². The molecule has 0 aliphatic heterocycles. The summed E-state index contributed by atoms with van der Waals surface area (Å²) in [4.78, 5) is 38.5. The van der Waals surface area contributed by atoms with Crippen LogP contribution in [0.4, 0.5) is 5.69 Å². The molecule has 1 amide bonds. The van der Waals surface area contributed by atoms with Crippen LogP contribution in [0, 0.1) is 10.1 Å². The highest BCUT2D eigenvalue weighted by Gasteiger charge is 2.31. The summed E-state index contributed by atoms with van der Waals surface area (Å²) in [7, 11) is 4.60. The van der Waals surface area contributed by atoms with Crippen LogP contribution in [-0.4, -0.2) is 38.4 Å². The van der Waals surface area contributed by atoms with Crippen LogP contribution in [0.2, 0.25) is 0 Å². The van der Waals surface area contributed by atoms with E-state index in [1.807, 2.05) is 18.4 Å². The van der Waals surface area contributed by atoms with E-state index >= 15 is 0 Å². The Morgan fingerprint density at radius 3 is 2.49 bits per heavy atom. The molecule has 0 radical (unpaired) electrons. The van der Waals surface area contributed by atoms with Crippen molar-refractivity contribution in [3.63, 3.8) is 0 Å². The molecule has 4 rings (SSSR count). The van der Waals surface area contributed by atoms with E-state index in [2.05, 4.69) is 21.2 Å². The van der Waals surface area contributed by atoms with Gasteiger partial charge in [-0.25, -0.2) is 0 Å². The van der Waals surface area contributed by atoms with Gasteiger partial charge in [-0.05, 0) is 60.1 Å². The first-order valence-electron chi connectivity index (χ1n) is 12.0. The van der Waals surface area contributed by atoms with E-state index in [0.717, 1.165) is 11.1 Å². The van der Waals surface area contributed by atoms with Crippen molar-refractivity contribution in [2.75, 3.05) is 27.6 Å². The van der Waals surface area contributed by atoms with Crippen molar-refractivity contribution in [2.24, 2.45) is 0 Å². The number of alkyl halides is 1. The number of nitro benzene ring substituents is 1. The van der Waals surface area contributed by atoms with Crippen LogP contribution >= 0.6 is 27.7 Å². The summed E-state index contributed by atoms with van der Waals surface area (Å²) in [5.41, 5.74) is 2.78. The highest BCUT2D eigenvalue weighted by Crippen LogP contribution is 2.50. The summed E-state index contributed by atoms with van der Waals surface area (Å²) in [6, 6.07) is 11.0. The number of carbonyl (C=O) groups is 1. The second-order valence-corrected chi connectivity index (χ2v) is 10.1. The van der Waals surface area contributed by atoms with Gasteiger partial charge in [0, 0.05) is 16.5 Å². The summed E-state index contributed by atoms with van der Waals surface area (Å²) in [6.07, 6.45) is 2.75. The smallest absolute Gasteiger partial charge is 0.286 e. The number of ether oxygens (including phenoxy) is 3. The summed E-state index contributed by atoms with van der Waals surface area (Å²) in [5, 5.41) is 15.1. The second-order valence-electron chi connectivity index (χ2n) is 8.73. The maximum Gasteiger partial charge on any atom is 0.286 e. The number of thioether (sulfide) groups is 1. The zero-order chi connectivity index (χ0) is 28.3. The standard InChI is InChI=1S/C28H27BrN2O7S/c1-36-22-12-15-8-10-20(30-28(33)18-7-5-6-16(14-29)25(18)31(34)35)19-13-21(32)23(39-4)11-9-17(19)24(15)27(38-3)26(22)37-2/h5-7,9,11-13,20H,8,10,14H2,1-4H3,(H,30,33)/t20-/m0/s1. The van der Waals surface area contributed by atoms with Gasteiger partial charge in [-0.15, -0.1) is 11.8 Å². The molecule has 204 valence electrons. The van der Waals surface area contributed by atoms with Gasteiger partial charge in [0.1, 0.15) is 5.56 Å². The van der Waals surface area contributed by atoms with Crippen molar-refractivity contribution in [1.82, 2.24) is 5.32 Å². The van der Waals surface area contributed by atoms with Crippen molar-refractivity contribution in [2.45, 2.75) is 29.1 Å². The maximum atomic E-state index is 13.5. The summed E-state index contributed by atoms with van der Waals surface area (Å²) >= 11 is 4.59. The summed E-state index contributed by atoms with van der Waals surface area (Å²) < 4.78 is 17.0. The lowest BCUT2D eigenvalue weighted by Crippen LogP contribution is -2.30. The number of hydrogen-bond donors (Lipinski definition) is 1. The topological polar surface area (TPSA) is 117 Å². The first kappa shape index (κ1) is 28.4. The number of benzene rings is 2. The number of carbonyl (C=O) groups excluding carboxylic acids is 1. The first-order chi connectivity index (χ1) is 18.8. The molecule has 0 saturated carbocycles. The monoisotopic (exact) mass is 614 g/mol. The highest BCUT2D eigenvalue weighted by molar-refractivity contribution is 9.08. The van der Waals surface area contributed by atoms with Gasteiger partial charge in [0.25, 0.3) is 11.6 Å². The van der Waals surface area contributed by atoms with Gasteiger partial charge in [0.15, 0.2) is 16.9 Å². The number of para-hydroxylation sites is 1. The Balaban J connectivity index is 1.93. The number of nitrogens with one attached hydrogen (secondary N) is 1. The fraction of sp³-hybridized carbons (Fsp3) is 0.286. The van der Waals surface area contributed by atoms with Gasteiger partial charge in [-0.1, -0.05) is 34.1 Å². The molecule has 0 heterocycles. The number of methoxy groups -OCH3 is 3. The third-order valence-corrected chi connectivity index (χ3v) is 8.10. The molecule has 0 spiro atoms. The van der Waals surface area contributed by atoms with Crippen molar-refractivity contribution >= 4 is 39.3 Å². The summed E-state index contributed by atoms with van der Waals surface area (Å²) in [5.74, 6) is 0.755. The average molecular weight is 616 g/mol. The normalized spacial score (nSPS) is 13.9. The Bertz CT molecular complexity index is 1510. The van der Waals surface area contributed by atoms with Gasteiger partial charge in [0.2, 0.25) is 5.75 Å². The van der Waals surface area contributed by atoms with E-state index in [1.54, 1.807) is 25.3 Å². The van der Waals surface area contributed by atoms with Gasteiger partial charge >= 0.3 is 0 Å². The molecule has 1 aliphatic carbocycles. The molecule has 0 saturated heterocycles. The van der Waals surface area contributed by atoms with Gasteiger partial charge in [-0.3, -0.25) is 19.7 Å². The molecule has 0 fully saturated rings. The molecular weight excluding hydrogens is 588 g/mol. The van der Waals surface area contributed by atoms with Crippen LogP contribution in [0.3, 0.4) is 0 Å². The lowest BCUT2D eigenvalue weighted by atomic mass is 9.95. The fourth-order valence-corrected chi connectivity index (χ4v) is 5.87. The minimum atomic E-state index is -0.622. The average Bonchev–Trinajstić information content (AvgIpc) is 3.19. The Morgan fingerprint density at radius 1 is 1.13 bits per heavy atom. The first-order valence-corrected chi connectivity index (χ1v) is 14.3. The molecule has 0 bridgehead atoms. The van der Waals surface area contributed by atoms with Gasteiger partial charge in [-0.2, -0.15) is 0 Å². The molecule has 0 unspecified atom stereocenters. The zero-order valence-corrected chi connectivity index (χ0v) is 24.2. The number of nitro groups is 1. The number of amides is 1. The third kappa shape index (κ3) is 5.33. The van der Waals surface area contributed by atoms with Crippen LogP contribution in [-0.2, 0) is 11.8 Å². The van der Waals surface area contributed by atoms with Crippen LogP contribution < -0.4 is 25.0 Å². The zero-order valence-electron chi connectivity index (χ0n) is 21.8. The molecule has 1 N–H and O–H groups in total. The molecule has 0 aromatic heterocycles. The molecule has 9 nitrogen and oxygen atoms in total. The van der Waals surface area contributed by atoms with Crippen LogP contribution in [0.15, 0.2) is 52.2 Å². The molecule has 11 heteroatoms. The van der Waals surface area contributed by atoms with E-state index in [1.165, 1.54) is 38.1 Å². The Kier molecular flexibility index (Phi) is 8.81. The molecule has 3 aromatic carbocycles. The number of fused-ring (bicyclic) bond motifs is 3. The fourth-order valence-electron chi connectivity index (χ4n) is 4.95. The SMILES string of the molecule is COc1cc2c(c(OC)c1OC)-c1ccc(SC)c(=O)cc1[C@@H](NC(=O)c1cccc(CBr)c1[N+](=O)[O-])CC2. The predicted molar refractivity (Wildman–Crippen MR) is 154 cm³/mol. The Labute approximate surface area is 238 Å². The van der Waals surface area contributed by atoms with E-state index in [0.29, 0.717) is 51.7 Å². The molecular formula is C28H27BrN2O7S. The van der Waals surface area contributed by atoms with E-state index in [-0.39, 0.29) is 22.0 Å². The lowest BCUT2D eigenvalue weighted by molar-refractivity contribution is -0.385. The molecule has 3 aromatic rings. The summed E-state index contributed by atoms with van der Waals surface area (Å²) in [6.45, 7) is 0. The number of rotatable bonds is 8. The Hall–Kier alpha value is -3.57. The number of nitrogens with zero attached hydrogens (tertiary/aromatic N) is 1. The van der Waals surface area contributed by atoms with Gasteiger partial charge < -0.3 is 19.5 Å². The van der Waals surface area contributed by atoms with Crippen LogP contribution in [0.25, 0.3) is 11.1 Å². The van der Waals surface area contributed by atoms with Crippen molar-refractivity contribution in [1.29, 1.82) is 0 Å². The number of hydrogen-bond acceptors (Lipinski definition) is 8. The molecule has 1 aliphatic rings. The van der Waals surface area contributed by atoms with Crippen molar-refractivity contribution in [3.05, 3.63) is 85.1 Å². The quantitative estimate of drug-likeness (QED) is 0.149. The van der Waals surface area contributed by atoms with Crippen LogP contribution in [0.1, 0.15) is 39.5 Å². The van der Waals surface area contributed by atoms with Crippen molar-refractivity contribution in [3.8, 4) is 28.4 Å². The van der Waals surface area contributed by atoms with Crippen molar-refractivity contribution < 1.29 is 23.9 Å². The maximum absolute atomic E-state index is 13.5. The van der Waals surface area contributed by atoms with Gasteiger partial charge in [0.05, 0.1) is 37.2 Å². The van der Waals surface area contributed by atoms with E-state index < -0.39 is 16.9 Å². The minimum Gasteiger partial charge on any atom is -0.493 e. The number of aryl methyl sites for hydroxylation is 1. The third-order valence-electron chi connectivity index (χ3n) is 6.72. The lowest BCUT2D eigenvalue weighted by Gasteiger charge is -2.20. The molecule has 1 atom stereocenters. The second kappa shape index (κ2) is 12.1. The Morgan fingerprint density at radius 2 is 1.87 bits per heavy atom.